The Hall–Kier alpha value is -5.67. The largest absolute Gasteiger partial charge is 0.418 e. The lowest BCUT2D eigenvalue weighted by Gasteiger charge is -2.18. The number of aromatic nitrogens is 4. The molecule has 1 amide bonds. The van der Waals surface area contributed by atoms with Gasteiger partial charge in [0.25, 0.3) is 5.91 Å². The van der Waals surface area contributed by atoms with Crippen LogP contribution in [-0.2, 0) is 6.18 Å². The number of amides is 1. The van der Waals surface area contributed by atoms with Crippen LogP contribution in [-0.4, -0.2) is 56.5 Å². The molecule has 5 rings (SSSR count). The lowest BCUT2D eigenvalue weighted by atomic mass is 10.1. The van der Waals surface area contributed by atoms with E-state index in [1.165, 1.54) is 35.4 Å². The van der Waals surface area contributed by atoms with E-state index in [4.69, 9.17) is 0 Å². The Morgan fingerprint density at radius 3 is 2.33 bits per heavy atom. The Kier molecular flexibility index (Phi) is 12.7. The van der Waals surface area contributed by atoms with Crippen molar-refractivity contribution < 1.29 is 18.0 Å². The van der Waals surface area contributed by atoms with Gasteiger partial charge in [-0.1, -0.05) is 32.0 Å². The number of hydrazine groups is 2. The van der Waals surface area contributed by atoms with E-state index in [2.05, 4.69) is 66.0 Å². The second-order valence-electron chi connectivity index (χ2n) is 12.1. The molecule has 274 valence electrons. The minimum absolute atomic E-state index is 0.109. The molecule has 0 saturated carbocycles. The van der Waals surface area contributed by atoms with Gasteiger partial charge in [-0.05, 0) is 94.4 Å². The maximum atomic E-state index is 14.0. The number of halogens is 3. The summed E-state index contributed by atoms with van der Waals surface area (Å²) in [6.45, 7) is 11.9. The number of anilines is 6. The minimum atomic E-state index is -4.68. The Labute approximate surface area is 301 Å². The summed E-state index contributed by atoms with van der Waals surface area (Å²) in [6, 6.07) is 18.0. The SMILES string of the molecule is CCN(CC)CCCCNc1cc(Nc2ccccc2NNNc2cc(NC(=O)c3ccc(-n4ccnc4C)c(C(F)(F)F)c3)ccc2C)ncn1. The van der Waals surface area contributed by atoms with Gasteiger partial charge in [-0.2, -0.15) is 13.2 Å². The van der Waals surface area contributed by atoms with Gasteiger partial charge in [-0.25, -0.2) is 15.0 Å². The predicted octanol–water partition coefficient (Wildman–Crippen LogP) is 7.77. The summed E-state index contributed by atoms with van der Waals surface area (Å²) >= 11 is 0. The molecule has 0 atom stereocenters. The molecule has 15 heteroatoms. The van der Waals surface area contributed by atoms with E-state index in [1.807, 2.05) is 37.3 Å². The van der Waals surface area contributed by atoms with Gasteiger partial charge in [-0.15, -0.1) is 5.53 Å². The third-order valence-electron chi connectivity index (χ3n) is 8.50. The maximum absolute atomic E-state index is 14.0. The third kappa shape index (κ3) is 9.98. The number of alkyl halides is 3. The van der Waals surface area contributed by atoms with Crippen molar-refractivity contribution in [1.82, 2.24) is 30.0 Å². The van der Waals surface area contributed by atoms with E-state index >= 15 is 0 Å². The summed E-state index contributed by atoms with van der Waals surface area (Å²) in [5.41, 5.74) is 11.4. The van der Waals surface area contributed by atoms with Crippen LogP contribution >= 0.6 is 0 Å². The van der Waals surface area contributed by atoms with E-state index in [9.17, 15) is 18.0 Å². The first-order valence-electron chi connectivity index (χ1n) is 17.1. The fraction of sp³-hybridized carbons (Fsp3) is 0.297. The van der Waals surface area contributed by atoms with Crippen molar-refractivity contribution in [2.75, 3.05) is 53.0 Å². The number of aryl methyl sites for hydroxylation is 2. The highest BCUT2D eigenvalue weighted by atomic mass is 19.4. The zero-order valence-electron chi connectivity index (χ0n) is 29.6. The molecule has 5 aromatic rings. The van der Waals surface area contributed by atoms with Gasteiger partial charge >= 0.3 is 6.18 Å². The normalized spacial score (nSPS) is 11.4. The van der Waals surface area contributed by atoms with Crippen molar-refractivity contribution in [3.8, 4) is 5.69 Å². The van der Waals surface area contributed by atoms with Crippen LogP contribution in [0.1, 0.15) is 54.0 Å². The van der Waals surface area contributed by atoms with Gasteiger partial charge in [-0.3, -0.25) is 4.79 Å². The third-order valence-corrected chi connectivity index (χ3v) is 8.50. The maximum Gasteiger partial charge on any atom is 0.418 e. The smallest absolute Gasteiger partial charge is 0.370 e. The van der Waals surface area contributed by atoms with E-state index in [0.29, 0.717) is 23.0 Å². The molecule has 0 aliphatic heterocycles. The number of nitrogens with one attached hydrogen (secondary N) is 6. The lowest BCUT2D eigenvalue weighted by molar-refractivity contribution is -0.137. The zero-order chi connectivity index (χ0) is 37.1. The highest BCUT2D eigenvalue weighted by Crippen LogP contribution is 2.35. The van der Waals surface area contributed by atoms with Crippen LogP contribution < -0.4 is 32.3 Å². The van der Waals surface area contributed by atoms with E-state index in [1.54, 1.807) is 25.1 Å². The number of benzene rings is 3. The van der Waals surface area contributed by atoms with E-state index in [0.717, 1.165) is 67.8 Å². The van der Waals surface area contributed by atoms with Crippen molar-refractivity contribution in [1.29, 1.82) is 0 Å². The van der Waals surface area contributed by atoms with Crippen molar-refractivity contribution >= 4 is 40.3 Å². The van der Waals surface area contributed by atoms with Crippen LogP contribution in [0.15, 0.2) is 85.5 Å². The molecule has 3 aromatic carbocycles. The molecular weight excluding hydrogens is 671 g/mol. The quantitative estimate of drug-likeness (QED) is 0.0419. The summed E-state index contributed by atoms with van der Waals surface area (Å²) < 4.78 is 43.4. The van der Waals surface area contributed by atoms with Gasteiger partial charge in [0.15, 0.2) is 0 Å². The number of carbonyl (C=O) groups excluding carboxylic acids is 1. The standard InChI is InChI=1S/C37H44F3N11O/c1-5-50(6-2)19-10-9-17-42-34-23-35(44-24-43-34)46-30-11-7-8-12-31(30)47-49-48-32-22-28(15-13-25(32)3)45-36(52)27-14-16-33(29(21-27)37(38,39)40)51-20-18-41-26(51)4/h7-8,11-16,18,20-24,47-49H,5-6,9-10,17,19H2,1-4H3,(H,45,52)(H2,42,43,44,46). The first kappa shape index (κ1) is 37.6. The Balaban J connectivity index is 1.18. The van der Waals surface area contributed by atoms with Gasteiger partial charge in [0, 0.05) is 36.3 Å². The van der Waals surface area contributed by atoms with E-state index < -0.39 is 17.6 Å². The fourth-order valence-electron chi connectivity index (χ4n) is 5.53. The van der Waals surface area contributed by atoms with E-state index in [-0.39, 0.29) is 11.3 Å². The number of para-hydroxylation sites is 2. The first-order valence-corrected chi connectivity index (χ1v) is 17.1. The molecule has 52 heavy (non-hydrogen) atoms. The Morgan fingerprint density at radius 1 is 0.846 bits per heavy atom. The Morgan fingerprint density at radius 2 is 1.60 bits per heavy atom. The van der Waals surface area contributed by atoms with Crippen LogP contribution in [0.2, 0.25) is 0 Å². The molecule has 6 N–H and O–H groups in total. The summed E-state index contributed by atoms with van der Waals surface area (Å²) in [4.78, 5) is 28.3. The molecular formula is C37H44F3N11O. The van der Waals surface area contributed by atoms with Crippen molar-refractivity contribution in [3.05, 3.63) is 108 Å². The van der Waals surface area contributed by atoms with Crippen LogP contribution in [0.5, 0.6) is 0 Å². The number of nitrogens with zero attached hydrogens (tertiary/aromatic N) is 5. The van der Waals surface area contributed by atoms with Crippen molar-refractivity contribution in [3.63, 3.8) is 0 Å². The highest BCUT2D eigenvalue weighted by Gasteiger charge is 2.35. The molecule has 0 aliphatic carbocycles. The van der Waals surface area contributed by atoms with Crippen LogP contribution in [0.3, 0.4) is 0 Å². The van der Waals surface area contributed by atoms with Crippen LogP contribution in [0.4, 0.5) is 47.6 Å². The van der Waals surface area contributed by atoms with Gasteiger partial charge < -0.3 is 36.3 Å². The molecule has 12 nitrogen and oxygen atoms in total. The minimum Gasteiger partial charge on any atom is -0.370 e. The topological polar surface area (TPSA) is 136 Å². The molecule has 2 aromatic heterocycles. The fourth-order valence-corrected chi connectivity index (χ4v) is 5.53. The molecule has 0 bridgehead atoms. The van der Waals surface area contributed by atoms with Gasteiger partial charge in [0.1, 0.15) is 23.8 Å². The average molecular weight is 716 g/mol. The lowest BCUT2D eigenvalue weighted by Crippen LogP contribution is -2.29. The number of unbranched alkanes of at least 4 members (excludes halogenated alkanes) is 1. The number of rotatable bonds is 17. The molecule has 0 aliphatic rings. The highest BCUT2D eigenvalue weighted by molar-refractivity contribution is 6.04. The Bertz CT molecular complexity index is 1940. The second kappa shape index (κ2) is 17.5. The number of hydrogen-bond donors (Lipinski definition) is 6. The molecule has 2 heterocycles. The zero-order valence-corrected chi connectivity index (χ0v) is 29.6. The van der Waals surface area contributed by atoms with Crippen LogP contribution in [0, 0.1) is 13.8 Å². The molecule has 0 spiro atoms. The molecule has 0 fully saturated rings. The monoisotopic (exact) mass is 715 g/mol. The summed E-state index contributed by atoms with van der Waals surface area (Å²) in [6.07, 6.45) is 1.84. The summed E-state index contributed by atoms with van der Waals surface area (Å²) in [5, 5.41) is 9.41. The van der Waals surface area contributed by atoms with Crippen molar-refractivity contribution in [2.45, 2.75) is 46.7 Å². The summed E-state index contributed by atoms with van der Waals surface area (Å²) in [7, 11) is 0. The number of hydrogen-bond acceptors (Lipinski definition) is 10. The second-order valence-corrected chi connectivity index (χ2v) is 12.1. The molecule has 0 unspecified atom stereocenters. The van der Waals surface area contributed by atoms with Crippen molar-refractivity contribution in [2.24, 2.45) is 0 Å². The van der Waals surface area contributed by atoms with Crippen LogP contribution in [0.25, 0.3) is 5.69 Å². The first-order chi connectivity index (χ1) is 25.0. The number of carbonyl (C=O) groups is 1. The van der Waals surface area contributed by atoms with Gasteiger partial charge in [0.2, 0.25) is 0 Å². The summed E-state index contributed by atoms with van der Waals surface area (Å²) in [5.74, 6) is 1.07. The molecule has 0 saturated heterocycles. The average Bonchev–Trinajstić information content (AvgIpc) is 3.56. The predicted molar refractivity (Wildman–Crippen MR) is 200 cm³/mol. The molecule has 0 radical (unpaired) electrons. The van der Waals surface area contributed by atoms with Gasteiger partial charge in [0.05, 0.1) is 28.3 Å². The number of imidazole rings is 1.